The van der Waals surface area contributed by atoms with E-state index < -0.39 is 0 Å². The highest BCUT2D eigenvalue weighted by Crippen LogP contribution is 2.30. The summed E-state index contributed by atoms with van der Waals surface area (Å²) in [7, 11) is 1.45. The fourth-order valence-corrected chi connectivity index (χ4v) is 2.87. The van der Waals surface area contributed by atoms with Crippen molar-refractivity contribution in [2.45, 2.75) is 19.9 Å². The van der Waals surface area contributed by atoms with Crippen LogP contribution < -0.4 is 10.5 Å². The van der Waals surface area contributed by atoms with Gasteiger partial charge in [-0.25, -0.2) is 4.39 Å². The van der Waals surface area contributed by atoms with E-state index in [0.29, 0.717) is 0 Å². The molecule has 0 radical (unpaired) electrons. The van der Waals surface area contributed by atoms with Crippen molar-refractivity contribution >= 4 is 11.3 Å². The molecule has 0 fully saturated rings. The van der Waals surface area contributed by atoms with Gasteiger partial charge in [-0.15, -0.1) is 11.3 Å². The van der Waals surface area contributed by atoms with Crippen molar-refractivity contribution in [1.29, 1.82) is 0 Å². The van der Waals surface area contributed by atoms with Crippen molar-refractivity contribution in [2.75, 3.05) is 7.11 Å². The summed E-state index contributed by atoms with van der Waals surface area (Å²) in [5.74, 6) is -0.139. The van der Waals surface area contributed by atoms with Crippen LogP contribution in [0.15, 0.2) is 24.3 Å². The molecule has 0 aliphatic rings. The highest BCUT2D eigenvalue weighted by atomic mass is 32.1. The minimum atomic E-state index is -0.379. The van der Waals surface area contributed by atoms with Gasteiger partial charge in [0.1, 0.15) is 0 Å². The first-order chi connectivity index (χ1) is 8.52. The molecule has 2 N–H and O–H groups in total. The number of nitrogens with two attached hydrogens (primary N) is 1. The van der Waals surface area contributed by atoms with Crippen molar-refractivity contribution < 1.29 is 9.13 Å². The highest BCUT2D eigenvalue weighted by Gasteiger charge is 2.14. The average Bonchev–Trinajstić information content (AvgIpc) is 2.68. The number of halogens is 1. The number of thiophene rings is 1. The van der Waals surface area contributed by atoms with Crippen LogP contribution >= 0.6 is 11.3 Å². The van der Waals surface area contributed by atoms with Gasteiger partial charge in [0.15, 0.2) is 11.6 Å². The lowest BCUT2D eigenvalue weighted by Gasteiger charge is -2.11. The normalized spacial score (nSPS) is 12.5. The van der Waals surface area contributed by atoms with Gasteiger partial charge < -0.3 is 10.5 Å². The van der Waals surface area contributed by atoms with Gasteiger partial charge in [0.05, 0.1) is 13.2 Å². The van der Waals surface area contributed by atoms with Crippen LogP contribution in [-0.2, 0) is 0 Å². The molecule has 1 aromatic heterocycles. The van der Waals surface area contributed by atoms with Gasteiger partial charge in [-0.1, -0.05) is 6.07 Å². The summed E-state index contributed by atoms with van der Waals surface area (Å²) in [5, 5.41) is 0. The zero-order valence-corrected chi connectivity index (χ0v) is 11.5. The summed E-state index contributed by atoms with van der Waals surface area (Å²) in [4.78, 5) is 2.30. The van der Waals surface area contributed by atoms with E-state index in [-0.39, 0.29) is 17.6 Å². The standard InChI is InChI=1S/C14H16FNOS/c1-8-6-13(18-9(8)2)14(16)10-4-5-12(17-3)11(15)7-10/h4-7,14H,16H2,1-3H3. The van der Waals surface area contributed by atoms with Gasteiger partial charge in [-0.3, -0.25) is 0 Å². The Bertz CT molecular complexity index is 545. The van der Waals surface area contributed by atoms with Crippen molar-refractivity contribution in [1.82, 2.24) is 0 Å². The molecule has 0 amide bonds. The van der Waals surface area contributed by atoms with E-state index in [1.165, 1.54) is 23.6 Å². The van der Waals surface area contributed by atoms with Crippen molar-refractivity contribution in [2.24, 2.45) is 5.73 Å². The molecule has 18 heavy (non-hydrogen) atoms. The number of hydrogen-bond acceptors (Lipinski definition) is 3. The van der Waals surface area contributed by atoms with Gasteiger partial charge in [-0.2, -0.15) is 0 Å². The van der Waals surface area contributed by atoms with Crippen molar-refractivity contribution in [3.63, 3.8) is 0 Å². The zero-order chi connectivity index (χ0) is 13.3. The Kier molecular flexibility index (Phi) is 3.68. The molecule has 0 bridgehead atoms. The zero-order valence-electron chi connectivity index (χ0n) is 10.7. The summed E-state index contributed by atoms with van der Waals surface area (Å²) in [5.41, 5.74) is 8.14. The summed E-state index contributed by atoms with van der Waals surface area (Å²) >= 11 is 1.65. The summed E-state index contributed by atoms with van der Waals surface area (Å²) in [6.45, 7) is 4.11. The van der Waals surface area contributed by atoms with Crippen LogP contribution in [0.2, 0.25) is 0 Å². The Hall–Kier alpha value is -1.39. The molecule has 0 aliphatic carbocycles. The predicted octanol–water partition coefficient (Wildman–Crippen LogP) is 3.56. The van der Waals surface area contributed by atoms with Gasteiger partial charge in [-0.05, 0) is 43.2 Å². The Balaban J connectivity index is 2.33. The Morgan fingerprint density at radius 3 is 2.50 bits per heavy atom. The molecule has 0 saturated carbocycles. The summed E-state index contributed by atoms with van der Waals surface area (Å²) < 4.78 is 18.5. The van der Waals surface area contributed by atoms with Gasteiger partial charge in [0, 0.05) is 9.75 Å². The van der Waals surface area contributed by atoms with E-state index in [0.717, 1.165) is 10.4 Å². The monoisotopic (exact) mass is 265 g/mol. The maximum Gasteiger partial charge on any atom is 0.165 e. The van der Waals surface area contributed by atoms with E-state index in [9.17, 15) is 4.39 Å². The van der Waals surface area contributed by atoms with Gasteiger partial charge in [0.2, 0.25) is 0 Å². The van der Waals surface area contributed by atoms with Crippen LogP contribution in [0.1, 0.15) is 26.9 Å². The molecule has 0 spiro atoms. The highest BCUT2D eigenvalue weighted by molar-refractivity contribution is 7.12. The van der Waals surface area contributed by atoms with E-state index in [1.807, 2.05) is 0 Å². The van der Waals surface area contributed by atoms with Gasteiger partial charge >= 0.3 is 0 Å². The summed E-state index contributed by atoms with van der Waals surface area (Å²) in [6.07, 6.45) is 0. The fraction of sp³-hybridized carbons (Fsp3) is 0.286. The lowest BCUT2D eigenvalue weighted by molar-refractivity contribution is 0.386. The number of aryl methyl sites for hydroxylation is 2. The van der Waals surface area contributed by atoms with Crippen molar-refractivity contribution in [3.05, 3.63) is 51.0 Å². The maximum atomic E-state index is 13.6. The minimum absolute atomic E-state index is 0.240. The average molecular weight is 265 g/mol. The second-order valence-corrected chi connectivity index (χ2v) is 5.55. The van der Waals surface area contributed by atoms with E-state index in [4.69, 9.17) is 10.5 Å². The van der Waals surface area contributed by atoms with E-state index >= 15 is 0 Å². The van der Waals surface area contributed by atoms with Gasteiger partial charge in [0.25, 0.3) is 0 Å². The SMILES string of the molecule is COc1ccc(C(N)c2cc(C)c(C)s2)cc1F. The quantitative estimate of drug-likeness (QED) is 0.921. The first-order valence-electron chi connectivity index (χ1n) is 5.69. The third-order valence-electron chi connectivity index (χ3n) is 3.03. The van der Waals surface area contributed by atoms with Crippen LogP contribution in [0.5, 0.6) is 5.75 Å². The molecule has 1 atom stereocenters. The third kappa shape index (κ3) is 2.40. The molecule has 1 unspecified atom stereocenters. The fourth-order valence-electron chi connectivity index (χ4n) is 1.80. The van der Waals surface area contributed by atoms with Crippen LogP contribution in [0.3, 0.4) is 0 Å². The van der Waals surface area contributed by atoms with Crippen molar-refractivity contribution in [3.8, 4) is 5.75 Å². The van der Waals surface area contributed by atoms with E-state index in [1.54, 1.807) is 23.5 Å². The first kappa shape index (κ1) is 13.1. The Morgan fingerprint density at radius 2 is 2.00 bits per heavy atom. The maximum absolute atomic E-state index is 13.6. The number of hydrogen-bond donors (Lipinski definition) is 1. The predicted molar refractivity (Wildman–Crippen MR) is 72.8 cm³/mol. The number of ether oxygens (including phenoxy) is 1. The minimum Gasteiger partial charge on any atom is -0.494 e. The number of methoxy groups -OCH3 is 1. The van der Waals surface area contributed by atoms with Crippen LogP contribution in [-0.4, -0.2) is 7.11 Å². The van der Waals surface area contributed by atoms with Crippen LogP contribution in [0.4, 0.5) is 4.39 Å². The van der Waals surface area contributed by atoms with Crippen LogP contribution in [0, 0.1) is 19.7 Å². The number of rotatable bonds is 3. The largest absolute Gasteiger partial charge is 0.494 e. The molecule has 2 nitrogen and oxygen atoms in total. The topological polar surface area (TPSA) is 35.2 Å². The number of benzene rings is 1. The molecule has 1 heterocycles. The molecule has 2 aromatic rings. The molecular formula is C14H16FNOS. The molecule has 96 valence electrons. The Labute approximate surface area is 110 Å². The first-order valence-corrected chi connectivity index (χ1v) is 6.50. The smallest absolute Gasteiger partial charge is 0.165 e. The summed E-state index contributed by atoms with van der Waals surface area (Å²) in [6, 6.07) is 6.62. The molecule has 4 heteroatoms. The lowest BCUT2D eigenvalue weighted by Crippen LogP contribution is -2.10. The molecule has 0 saturated heterocycles. The van der Waals surface area contributed by atoms with E-state index in [2.05, 4.69) is 19.9 Å². The van der Waals surface area contributed by atoms with Crippen LogP contribution in [0.25, 0.3) is 0 Å². The molecule has 1 aromatic carbocycles. The molecular weight excluding hydrogens is 249 g/mol. The lowest BCUT2D eigenvalue weighted by atomic mass is 10.1. The molecule has 2 rings (SSSR count). The second kappa shape index (κ2) is 5.08. The second-order valence-electron chi connectivity index (χ2n) is 4.26. The Morgan fingerprint density at radius 1 is 1.28 bits per heavy atom. The third-order valence-corrected chi connectivity index (χ3v) is 4.26. The molecule has 0 aliphatic heterocycles.